The number of nitrogens with one attached hydrogen (secondary N) is 1. The molecule has 1 saturated heterocycles. The smallest absolute Gasteiger partial charge is 0.270 e. The quantitative estimate of drug-likeness (QED) is 0.589. The van der Waals surface area contributed by atoms with Crippen molar-refractivity contribution in [3.05, 3.63) is 54.0 Å². The van der Waals surface area contributed by atoms with Crippen LogP contribution >= 0.6 is 0 Å². The Hall–Kier alpha value is -3.42. The Balaban J connectivity index is 1.31. The summed E-state index contributed by atoms with van der Waals surface area (Å²) in [6.07, 6.45) is 0. The van der Waals surface area contributed by atoms with Crippen LogP contribution < -0.4 is 4.90 Å². The van der Waals surface area contributed by atoms with E-state index in [9.17, 15) is 4.79 Å². The lowest BCUT2D eigenvalue weighted by molar-refractivity contribution is 0.0741. The van der Waals surface area contributed by atoms with Crippen LogP contribution in [0.25, 0.3) is 16.6 Å². The van der Waals surface area contributed by atoms with Gasteiger partial charge in [0.15, 0.2) is 11.5 Å². The molecule has 8 heteroatoms. The van der Waals surface area contributed by atoms with Gasteiger partial charge in [0.1, 0.15) is 11.5 Å². The number of benzene rings is 1. The minimum atomic E-state index is 0.0453. The highest BCUT2D eigenvalue weighted by Crippen LogP contribution is 2.19. The number of aryl methyl sites for hydroxylation is 1. The molecule has 1 fully saturated rings. The molecule has 0 bridgehead atoms. The topological polar surface area (TPSA) is 82.4 Å². The summed E-state index contributed by atoms with van der Waals surface area (Å²) in [5.41, 5.74) is 2.37. The first-order chi connectivity index (χ1) is 13.2. The number of aromatic amines is 1. The van der Waals surface area contributed by atoms with Crippen LogP contribution in [0.2, 0.25) is 0 Å². The normalized spacial score (nSPS) is 15.0. The fourth-order valence-corrected chi connectivity index (χ4v) is 3.55. The molecule has 1 amide bonds. The highest BCUT2D eigenvalue weighted by atomic mass is 16.2. The van der Waals surface area contributed by atoms with E-state index in [1.54, 1.807) is 4.52 Å². The molecule has 0 atom stereocenters. The van der Waals surface area contributed by atoms with Crippen molar-refractivity contribution in [1.82, 2.24) is 29.7 Å². The van der Waals surface area contributed by atoms with Crippen molar-refractivity contribution in [2.24, 2.45) is 0 Å². The minimum absolute atomic E-state index is 0.0453. The third kappa shape index (κ3) is 2.69. The molecular weight excluding hydrogens is 342 g/mol. The van der Waals surface area contributed by atoms with Gasteiger partial charge in [0.05, 0.1) is 0 Å². The summed E-state index contributed by atoms with van der Waals surface area (Å²) >= 11 is 0. The van der Waals surface area contributed by atoms with Gasteiger partial charge in [0, 0.05) is 37.1 Å². The predicted octanol–water partition coefficient (Wildman–Crippen LogP) is 1.88. The van der Waals surface area contributed by atoms with Crippen molar-refractivity contribution < 1.29 is 4.79 Å². The van der Waals surface area contributed by atoms with Crippen molar-refractivity contribution in [3.8, 4) is 0 Å². The molecular formula is C19H19N7O. The van der Waals surface area contributed by atoms with Gasteiger partial charge in [-0.25, -0.2) is 0 Å². The first-order valence-electron chi connectivity index (χ1n) is 9.00. The summed E-state index contributed by atoms with van der Waals surface area (Å²) in [4.78, 5) is 20.1. The lowest BCUT2D eigenvalue weighted by atomic mass is 10.2. The standard InChI is InChI=1S/C19H19N7O/c1-13-21-22-17-6-7-18(23-26(13)17)24-8-10-25(11-9-24)19(27)16-12-14-4-2-3-5-15(14)20-16/h2-7,12,20H,8-11H2,1H3. The number of hydrogen-bond acceptors (Lipinski definition) is 5. The second-order valence-corrected chi connectivity index (χ2v) is 6.76. The maximum atomic E-state index is 12.8. The van der Waals surface area contributed by atoms with Crippen molar-refractivity contribution in [3.63, 3.8) is 0 Å². The van der Waals surface area contributed by atoms with E-state index in [2.05, 4.69) is 25.2 Å². The number of carbonyl (C=O) groups excluding carboxylic acids is 1. The Morgan fingerprint density at radius 3 is 2.67 bits per heavy atom. The maximum Gasteiger partial charge on any atom is 0.270 e. The van der Waals surface area contributed by atoms with Gasteiger partial charge in [-0.05, 0) is 31.2 Å². The van der Waals surface area contributed by atoms with Crippen LogP contribution in [0.5, 0.6) is 0 Å². The molecule has 1 aliphatic rings. The van der Waals surface area contributed by atoms with Crippen LogP contribution in [0.15, 0.2) is 42.5 Å². The fourth-order valence-electron chi connectivity index (χ4n) is 3.55. The largest absolute Gasteiger partial charge is 0.352 e. The molecule has 136 valence electrons. The number of anilines is 1. The van der Waals surface area contributed by atoms with Gasteiger partial charge >= 0.3 is 0 Å². The molecule has 4 aromatic rings. The van der Waals surface area contributed by atoms with E-state index in [4.69, 9.17) is 0 Å². The summed E-state index contributed by atoms with van der Waals surface area (Å²) in [5.74, 6) is 1.69. The lowest BCUT2D eigenvalue weighted by Crippen LogP contribution is -2.49. The Labute approximate surface area is 155 Å². The molecule has 5 rings (SSSR count). The molecule has 0 aliphatic carbocycles. The fraction of sp³-hybridized carbons (Fsp3) is 0.263. The molecule has 0 saturated carbocycles. The zero-order valence-corrected chi connectivity index (χ0v) is 15.0. The Bertz CT molecular complexity index is 1100. The van der Waals surface area contributed by atoms with E-state index in [1.165, 1.54) is 0 Å². The van der Waals surface area contributed by atoms with Crippen LogP contribution in [0.3, 0.4) is 0 Å². The van der Waals surface area contributed by atoms with E-state index in [-0.39, 0.29) is 5.91 Å². The average Bonchev–Trinajstić information content (AvgIpc) is 3.31. The zero-order valence-electron chi connectivity index (χ0n) is 15.0. The lowest BCUT2D eigenvalue weighted by Gasteiger charge is -2.35. The molecule has 1 aromatic carbocycles. The molecule has 0 spiro atoms. The first kappa shape index (κ1) is 15.8. The number of para-hydroxylation sites is 1. The number of piperazine rings is 1. The Kier molecular flexibility index (Phi) is 3.56. The SMILES string of the molecule is Cc1nnc2ccc(N3CCN(C(=O)c4cc5ccccc5[nH]4)CC3)nn12. The summed E-state index contributed by atoms with van der Waals surface area (Å²) in [7, 11) is 0. The predicted molar refractivity (Wildman–Crippen MR) is 102 cm³/mol. The number of nitrogens with zero attached hydrogens (tertiary/aromatic N) is 6. The van der Waals surface area contributed by atoms with Gasteiger partial charge in [-0.15, -0.1) is 15.3 Å². The van der Waals surface area contributed by atoms with E-state index in [0.29, 0.717) is 18.8 Å². The Morgan fingerprint density at radius 1 is 1.04 bits per heavy atom. The van der Waals surface area contributed by atoms with Gasteiger partial charge in [-0.3, -0.25) is 4.79 Å². The second kappa shape index (κ2) is 6.08. The number of aromatic nitrogens is 5. The second-order valence-electron chi connectivity index (χ2n) is 6.76. The molecule has 0 unspecified atom stereocenters. The number of amides is 1. The van der Waals surface area contributed by atoms with Gasteiger partial charge in [-0.2, -0.15) is 4.52 Å². The number of hydrogen-bond donors (Lipinski definition) is 1. The van der Waals surface area contributed by atoms with Crippen LogP contribution in [-0.2, 0) is 0 Å². The van der Waals surface area contributed by atoms with Crippen LogP contribution in [0, 0.1) is 6.92 Å². The van der Waals surface area contributed by atoms with E-state index >= 15 is 0 Å². The monoisotopic (exact) mass is 361 g/mol. The molecule has 3 aromatic heterocycles. The molecule has 1 N–H and O–H groups in total. The van der Waals surface area contributed by atoms with E-state index in [1.807, 2.05) is 54.3 Å². The number of H-pyrrole nitrogens is 1. The van der Waals surface area contributed by atoms with Crippen molar-refractivity contribution in [2.45, 2.75) is 6.92 Å². The van der Waals surface area contributed by atoms with Crippen LogP contribution in [-0.4, -0.2) is 61.8 Å². The van der Waals surface area contributed by atoms with Gasteiger partial charge < -0.3 is 14.8 Å². The molecule has 0 radical (unpaired) electrons. The number of fused-ring (bicyclic) bond motifs is 2. The van der Waals surface area contributed by atoms with Crippen molar-refractivity contribution >= 4 is 28.3 Å². The summed E-state index contributed by atoms with van der Waals surface area (Å²) in [6.45, 7) is 4.69. The number of rotatable bonds is 2. The summed E-state index contributed by atoms with van der Waals surface area (Å²) in [5, 5.41) is 13.8. The van der Waals surface area contributed by atoms with Gasteiger partial charge in [0.2, 0.25) is 0 Å². The third-order valence-electron chi connectivity index (χ3n) is 5.06. The summed E-state index contributed by atoms with van der Waals surface area (Å²) in [6, 6.07) is 13.7. The molecule has 4 heterocycles. The van der Waals surface area contributed by atoms with Crippen molar-refractivity contribution in [1.29, 1.82) is 0 Å². The maximum absolute atomic E-state index is 12.8. The van der Waals surface area contributed by atoms with E-state index in [0.717, 1.165) is 41.3 Å². The van der Waals surface area contributed by atoms with Crippen molar-refractivity contribution in [2.75, 3.05) is 31.1 Å². The van der Waals surface area contributed by atoms with Gasteiger partial charge in [0.25, 0.3) is 5.91 Å². The Morgan fingerprint density at radius 2 is 1.85 bits per heavy atom. The first-order valence-corrected chi connectivity index (χ1v) is 9.00. The summed E-state index contributed by atoms with van der Waals surface area (Å²) < 4.78 is 1.75. The highest BCUT2D eigenvalue weighted by molar-refractivity contribution is 5.98. The molecule has 8 nitrogen and oxygen atoms in total. The minimum Gasteiger partial charge on any atom is -0.352 e. The average molecular weight is 361 g/mol. The highest BCUT2D eigenvalue weighted by Gasteiger charge is 2.24. The van der Waals surface area contributed by atoms with Crippen LogP contribution in [0.1, 0.15) is 16.3 Å². The van der Waals surface area contributed by atoms with Crippen LogP contribution in [0.4, 0.5) is 5.82 Å². The molecule has 1 aliphatic heterocycles. The molecule has 27 heavy (non-hydrogen) atoms. The van der Waals surface area contributed by atoms with Gasteiger partial charge in [-0.1, -0.05) is 18.2 Å². The zero-order chi connectivity index (χ0) is 18.4. The third-order valence-corrected chi connectivity index (χ3v) is 5.06. The number of carbonyl (C=O) groups is 1. The van der Waals surface area contributed by atoms with E-state index < -0.39 is 0 Å².